The lowest BCUT2D eigenvalue weighted by Crippen LogP contribution is -2.47. The lowest BCUT2D eigenvalue weighted by atomic mass is 9.79. The molecule has 1 atom stereocenters. The van der Waals surface area contributed by atoms with Crippen LogP contribution >= 0.6 is 0 Å². The molecular weight excluding hydrogens is 266 g/mol. The van der Waals surface area contributed by atoms with E-state index in [0.717, 1.165) is 57.0 Å². The molecule has 1 amide bonds. The van der Waals surface area contributed by atoms with Crippen molar-refractivity contribution in [2.75, 3.05) is 26.7 Å². The number of nitrogens with zero attached hydrogens (tertiary/aromatic N) is 4. The van der Waals surface area contributed by atoms with Crippen molar-refractivity contribution in [2.45, 2.75) is 45.6 Å². The van der Waals surface area contributed by atoms with E-state index in [-0.39, 0.29) is 11.5 Å². The normalized spacial score (nSPS) is 26.2. The monoisotopic (exact) mass is 291 g/mol. The summed E-state index contributed by atoms with van der Waals surface area (Å²) < 4.78 is 0. The van der Waals surface area contributed by atoms with Gasteiger partial charge < -0.3 is 9.80 Å². The van der Waals surface area contributed by atoms with Crippen molar-refractivity contribution in [2.24, 2.45) is 5.41 Å². The van der Waals surface area contributed by atoms with Gasteiger partial charge in [0, 0.05) is 12.0 Å². The molecule has 21 heavy (non-hydrogen) atoms. The number of likely N-dealkylation sites (tertiary alicyclic amines) is 2. The van der Waals surface area contributed by atoms with Crippen LogP contribution in [-0.4, -0.2) is 57.6 Å². The highest BCUT2D eigenvalue weighted by Gasteiger charge is 2.43. The van der Waals surface area contributed by atoms with Gasteiger partial charge in [-0.3, -0.25) is 9.89 Å². The molecule has 0 aromatic carbocycles. The third-order valence-corrected chi connectivity index (χ3v) is 5.03. The molecule has 1 N–H and O–H groups in total. The quantitative estimate of drug-likeness (QED) is 0.897. The van der Waals surface area contributed by atoms with Gasteiger partial charge in [-0.05, 0) is 52.7 Å². The van der Waals surface area contributed by atoms with Gasteiger partial charge in [0.2, 0.25) is 5.91 Å². The molecule has 0 spiro atoms. The maximum Gasteiger partial charge on any atom is 0.229 e. The first kappa shape index (κ1) is 14.5. The summed E-state index contributed by atoms with van der Waals surface area (Å²) in [6.07, 6.45) is 3.90. The predicted octanol–water partition coefficient (Wildman–Crippen LogP) is 1.51. The third-order valence-electron chi connectivity index (χ3n) is 5.03. The number of aromatic nitrogens is 3. The minimum atomic E-state index is -0.222. The van der Waals surface area contributed by atoms with Crippen LogP contribution in [0.15, 0.2) is 0 Å². The number of H-pyrrole nitrogens is 1. The van der Waals surface area contributed by atoms with Crippen LogP contribution in [0.2, 0.25) is 0 Å². The minimum Gasteiger partial charge on any atom is -0.332 e. The van der Waals surface area contributed by atoms with E-state index in [4.69, 9.17) is 0 Å². The van der Waals surface area contributed by atoms with Crippen LogP contribution in [0.3, 0.4) is 0 Å². The molecule has 6 nitrogen and oxygen atoms in total. The van der Waals surface area contributed by atoms with Gasteiger partial charge in [-0.25, -0.2) is 4.98 Å². The fourth-order valence-corrected chi connectivity index (χ4v) is 3.46. The molecule has 2 aliphatic heterocycles. The first-order valence-electron chi connectivity index (χ1n) is 7.88. The van der Waals surface area contributed by atoms with Gasteiger partial charge in [0.15, 0.2) is 5.82 Å². The molecular formula is C15H25N5O. The predicted molar refractivity (Wildman–Crippen MR) is 79.6 cm³/mol. The lowest BCUT2D eigenvalue weighted by Gasteiger charge is -2.40. The number of hydrogen-bond acceptors (Lipinski definition) is 4. The van der Waals surface area contributed by atoms with Crippen LogP contribution in [0.4, 0.5) is 0 Å². The maximum atomic E-state index is 13.1. The molecule has 3 rings (SSSR count). The van der Waals surface area contributed by atoms with Gasteiger partial charge in [-0.2, -0.15) is 5.10 Å². The van der Waals surface area contributed by atoms with Crippen LogP contribution < -0.4 is 0 Å². The molecule has 1 aromatic heterocycles. The fourth-order valence-electron chi connectivity index (χ4n) is 3.46. The van der Waals surface area contributed by atoms with Crippen molar-refractivity contribution in [1.82, 2.24) is 25.0 Å². The molecule has 6 heteroatoms. The third kappa shape index (κ3) is 2.69. The zero-order valence-electron chi connectivity index (χ0n) is 13.2. The molecule has 0 radical (unpaired) electrons. The van der Waals surface area contributed by atoms with Crippen molar-refractivity contribution in [3.63, 3.8) is 0 Å². The van der Waals surface area contributed by atoms with Gasteiger partial charge in [-0.15, -0.1) is 0 Å². The first-order chi connectivity index (χ1) is 9.99. The molecule has 116 valence electrons. The summed E-state index contributed by atoms with van der Waals surface area (Å²) in [5.41, 5.74) is -0.222. The Balaban J connectivity index is 1.77. The van der Waals surface area contributed by atoms with Crippen molar-refractivity contribution in [3.8, 4) is 0 Å². The van der Waals surface area contributed by atoms with Gasteiger partial charge in [0.25, 0.3) is 0 Å². The number of nitrogens with one attached hydrogen (secondary N) is 1. The summed E-state index contributed by atoms with van der Waals surface area (Å²) in [6.45, 7) is 6.86. The van der Waals surface area contributed by atoms with Crippen LogP contribution in [0.25, 0.3) is 0 Å². The van der Waals surface area contributed by atoms with Crippen LogP contribution in [0.5, 0.6) is 0 Å². The average Bonchev–Trinajstić information content (AvgIpc) is 3.09. The zero-order valence-corrected chi connectivity index (χ0v) is 13.2. The van der Waals surface area contributed by atoms with Crippen molar-refractivity contribution in [3.05, 3.63) is 11.6 Å². The van der Waals surface area contributed by atoms with E-state index in [1.165, 1.54) is 0 Å². The Hall–Kier alpha value is -1.43. The number of amides is 1. The fraction of sp³-hybridized carbons (Fsp3) is 0.800. The Kier molecular flexibility index (Phi) is 3.73. The Morgan fingerprint density at radius 1 is 1.33 bits per heavy atom. The molecule has 0 unspecified atom stereocenters. The molecule has 0 aliphatic carbocycles. The van der Waals surface area contributed by atoms with E-state index < -0.39 is 0 Å². The molecule has 1 aromatic rings. The van der Waals surface area contributed by atoms with Gasteiger partial charge in [0.1, 0.15) is 5.82 Å². The second-order valence-electron chi connectivity index (χ2n) is 6.80. The minimum absolute atomic E-state index is 0.0546. The van der Waals surface area contributed by atoms with E-state index in [1.807, 2.05) is 11.8 Å². The van der Waals surface area contributed by atoms with Crippen LogP contribution in [0, 0.1) is 12.3 Å². The highest BCUT2D eigenvalue weighted by molar-refractivity contribution is 5.83. The number of carbonyl (C=O) groups excluding carboxylic acids is 1. The van der Waals surface area contributed by atoms with E-state index in [0.29, 0.717) is 5.91 Å². The lowest BCUT2D eigenvalue weighted by molar-refractivity contribution is -0.145. The number of hydrogen-bond donors (Lipinski definition) is 1. The van der Waals surface area contributed by atoms with E-state index >= 15 is 0 Å². The Labute approximate surface area is 125 Å². The second-order valence-corrected chi connectivity index (χ2v) is 6.80. The highest BCUT2D eigenvalue weighted by atomic mass is 16.2. The van der Waals surface area contributed by atoms with Crippen LogP contribution in [-0.2, 0) is 4.79 Å². The summed E-state index contributed by atoms with van der Waals surface area (Å²) in [4.78, 5) is 21.8. The largest absolute Gasteiger partial charge is 0.332 e. The summed E-state index contributed by atoms with van der Waals surface area (Å²) in [7, 11) is 2.12. The number of aryl methyl sites for hydroxylation is 1. The highest BCUT2D eigenvalue weighted by Crippen LogP contribution is 2.38. The van der Waals surface area contributed by atoms with Crippen LogP contribution in [0.1, 0.15) is 50.3 Å². The van der Waals surface area contributed by atoms with Crippen molar-refractivity contribution >= 4 is 5.91 Å². The summed E-state index contributed by atoms with van der Waals surface area (Å²) >= 11 is 0. The second kappa shape index (κ2) is 5.40. The van der Waals surface area contributed by atoms with Crippen molar-refractivity contribution < 1.29 is 4.79 Å². The molecule has 2 saturated heterocycles. The van der Waals surface area contributed by atoms with E-state index in [9.17, 15) is 4.79 Å². The molecule has 2 aliphatic rings. The Morgan fingerprint density at radius 3 is 2.67 bits per heavy atom. The number of rotatable bonds is 2. The maximum absolute atomic E-state index is 13.1. The number of piperidine rings is 1. The van der Waals surface area contributed by atoms with Gasteiger partial charge in [0.05, 0.1) is 6.04 Å². The molecule has 0 saturated carbocycles. The van der Waals surface area contributed by atoms with Crippen molar-refractivity contribution in [1.29, 1.82) is 0 Å². The summed E-state index contributed by atoms with van der Waals surface area (Å²) in [6, 6.07) is 0.0546. The van der Waals surface area contributed by atoms with E-state index in [2.05, 4.69) is 34.1 Å². The summed E-state index contributed by atoms with van der Waals surface area (Å²) in [5.74, 6) is 1.88. The Morgan fingerprint density at radius 2 is 2.05 bits per heavy atom. The summed E-state index contributed by atoms with van der Waals surface area (Å²) in [5, 5.41) is 7.17. The molecule has 3 heterocycles. The zero-order chi connectivity index (χ0) is 15.0. The van der Waals surface area contributed by atoms with Gasteiger partial charge >= 0.3 is 0 Å². The van der Waals surface area contributed by atoms with E-state index in [1.54, 1.807) is 0 Å². The number of aromatic amines is 1. The van der Waals surface area contributed by atoms with Gasteiger partial charge in [-0.1, -0.05) is 6.92 Å². The first-order valence-corrected chi connectivity index (χ1v) is 7.88. The smallest absolute Gasteiger partial charge is 0.229 e. The molecule has 0 bridgehead atoms. The molecule has 2 fully saturated rings. The topological polar surface area (TPSA) is 65.1 Å². The standard InChI is InChI=1S/C15H25N5O/c1-11-16-13(18-17-11)12-5-4-8-20(12)14(21)15(2)6-9-19(3)10-7-15/h12H,4-10H2,1-3H3,(H,16,17,18)/t12-/m1/s1. The number of carbonyl (C=O) groups is 1. The Bertz CT molecular complexity index is 518. The SMILES string of the molecule is Cc1nc([C@H]2CCCN2C(=O)C2(C)CCN(C)CC2)n[nH]1. The average molecular weight is 291 g/mol.